The molecule has 1 aromatic heterocycles. The Hall–Kier alpha value is -2.05. The normalized spacial score (nSPS) is 18.5. The maximum Gasteiger partial charge on any atom is 0.135 e. The Kier molecular flexibility index (Phi) is 6.16. The molecule has 2 heterocycles. The summed E-state index contributed by atoms with van der Waals surface area (Å²) in [6.45, 7) is 7.79. The van der Waals surface area contributed by atoms with Crippen molar-refractivity contribution in [1.29, 1.82) is 0 Å². The van der Waals surface area contributed by atoms with Crippen molar-refractivity contribution < 1.29 is 9.50 Å². The molecule has 0 spiro atoms. The molecule has 0 amide bonds. The zero-order valence-corrected chi connectivity index (χ0v) is 15.5. The van der Waals surface area contributed by atoms with Gasteiger partial charge in [0.2, 0.25) is 0 Å². The highest BCUT2D eigenvalue weighted by atomic mass is 19.1. The van der Waals surface area contributed by atoms with Gasteiger partial charge in [-0.05, 0) is 30.0 Å². The number of benzene rings is 1. The molecule has 1 unspecified atom stereocenters. The van der Waals surface area contributed by atoms with Crippen LogP contribution in [0.2, 0.25) is 0 Å². The van der Waals surface area contributed by atoms with Crippen molar-refractivity contribution in [3.63, 3.8) is 0 Å². The summed E-state index contributed by atoms with van der Waals surface area (Å²) in [5, 5.41) is 9.52. The first-order valence-electron chi connectivity index (χ1n) is 9.22. The Morgan fingerprint density at radius 1 is 1.23 bits per heavy atom. The van der Waals surface area contributed by atoms with Crippen LogP contribution in [0.15, 0.2) is 36.8 Å². The van der Waals surface area contributed by atoms with Crippen molar-refractivity contribution in [2.24, 2.45) is 0 Å². The first kappa shape index (κ1) is 18.7. The van der Waals surface area contributed by atoms with Gasteiger partial charge in [-0.2, -0.15) is 0 Å². The second kappa shape index (κ2) is 8.56. The molecule has 0 aliphatic carbocycles. The van der Waals surface area contributed by atoms with Gasteiger partial charge in [-0.3, -0.25) is 4.90 Å². The van der Waals surface area contributed by atoms with E-state index >= 15 is 0 Å². The van der Waals surface area contributed by atoms with Crippen molar-refractivity contribution in [3.05, 3.63) is 53.7 Å². The van der Waals surface area contributed by atoms with E-state index in [0.29, 0.717) is 12.3 Å². The Morgan fingerprint density at radius 3 is 2.69 bits per heavy atom. The first-order valence-corrected chi connectivity index (χ1v) is 9.22. The van der Waals surface area contributed by atoms with Gasteiger partial charge in [0, 0.05) is 50.6 Å². The fourth-order valence-electron chi connectivity index (χ4n) is 3.55. The Balaban J connectivity index is 1.74. The van der Waals surface area contributed by atoms with E-state index < -0.39 is 0 Å². The molecule has 1 N–H and O–H groups in total. The monoisotopic (exact) mass is 358 g/mol. The van der Waals surface area contributed by atoms with E-state index in [4.69, 9.17) is 0 Å². The van der Waals surface area contributed by atoms with Gasteiger partial charge in [-0.15, -0.1) is 0 Å². The Bertz CT molecular complexity index is 707. The van der Waals surface area contributed by atoms with Gasteiger partial charge in [-0.1, -0.05) is 26.0 Å². The summed E-state index contributed by atoms with van der Waals surface area (Å²) in [6, 6.07) is 6.90. The molecule has 3 rings (SSSR count). The highest BCUT2D eigenvalue weighted by Crippen LogP contribution is 2.27. The molecule has 1 aliphatic heterocycles. The van der Waals surface area contributed by atoms with E-state index in [1.807, 2.05) is 18.3 Å². The van der Waals surface area contributed by atoms with E-state index in [2.05, 4.69) is 33.6 Å². The van der Waals surface area contributed by atoms with E-state index in [1.165, 1.54) is 12.1 Å². The third kappa shape index (κ3) is 4.37. The van der Waals surface area contributed by atoms with Crippen LogP contribution in [0.5, 0.6) is 0 Å². The van der Waals surface area contributed by atoms with Gasteiger partial charge in [0.05, 0.1) is 0 Å². The van der Waals surface area contributed by atoms with Crippen LogP contribution >= 0.6 is 0 Å². The van der Waals surface area contributed by atoms with Gasteiger partial charge in [0.15, 0.2) is 0 Å². The molecule has 1 fully saturated rings. The minimum Gasteiger partial charge on any atom is -0.396 e. The molecule has 2 aromatic rings. The summed E-state index contributed by atoms with van der Waals surface area (Å²) in [5.74, 6) is 1.15. The molecule has 0 bridgehead atoms. The smallest absolute Gasteiger partial charge is 0.135 e. The van der Waals surface area contributed by atoms with Crippen LogP contribution in [0.1, 0.15) is 37.3 Å². The number of halogens is 1. The summed E-state index contributed by atoms with van der Waals surface area (Å²) in [4.78, 5) is 13.4. The molecular weight excluding hydrogens is 331 g/mol. The largest absolute Gasteiger partial charge is 0.396 e. The van der Waals surface area contributed by atoms with Gasteiger partial charge in [0.25, 0.3) is 0 Å². The lowest BCUT2D eigenvalue weighted by atomic mass is 10.0. The third-order valence-electron chi connectivity index (χ3n) is 5.01. The van der Waals surface area contributed by atoms with E-state index in [-0.39, 0.29) is 18.5 Å². The fourth-order valence-corrected chi connectivity index (χ4v) is 3.55. The summed E-state index contributed by atoms with van der Waals surface area (Å²) < 4.78 is 13.1. The molecule has 1 saturated heterocycles. The number of aliphatic hydroxyl groups is 1. The Morgan fingerprint density at radius 2 is 2.00 bits per heavy atom. The SMILES string of the molecule is CC(C)c1cncnc1N1CCN(Cc2ccc(F)cc2)C(CCO)C1. The van der Waals surface area contributed by atoms with Crippen LogP contribution in [0.25, 0.3) is 0 Å². The average Bonchev–Trinajstić information content (AvgIpc) is 2.65. The zero-order valence-electron chi connectivity index (χ0n) is 15.5. The molecule has 5 nitrogen and oxygen atoms in total. The second-order valence-corrected chi connectivity index (χ2v) is 7.17. The minimum absolute atomic E-state index is 0.152. The minimum atomic E-state index is -0.213. The Labute approximate surface area is 154 Å². The number of hydrogen-bond acceptors (Lipinski definition) is 5. The summed E-state index contributed by atoms with van der Waals surface area (Å²) in [6.07, 6.45) is 4.21. The topological polar surface area (TPSA) is 52.5 Å². The fraction of sp³-hybridized carbons (Fsp3) is 0.500. The van der Waals surface area contributed by atoms with Crippen molar-refractivity contribution in [3.8, 4) is 0 Å². The van der Waals surface area contributed by atoms with Gasteiger partial charge in [-0.25, -0.2) is 14.4 Å². The molecular formula is C20H27FN4O. The van der Waals surface area contributed by atoms with Crippen LogP contribution in [0.3, 0.4) is 0 Å². The number of rotatable bonds is 6. The maximum atomic E-state index is 13.1. The van der Waals surface area contributed by atoms with Crippen molar-refractivity contribution in [2.75, 3.05) is 31.1 Å². The molecule has 0 radical (unpaired) electrons. The van der Waals surface area contributed by atoms with Crippen LogP contribution in [0, 0.1) is 5.82 Å². The van der Waals surface area contributed by atoms with Gasteiger partial charge in [0.1, 0.15) is 18.0 Å². The molecule has 26 heavy (non-hydrogen) atoms. The van der Waals surface area contributed by atoms with Crippen LogP contribution in [-0.4, -0.2) is 52.3 Å². The van der Waals surface area contributed by atoms with E-state index in [9.17, 15) is 9.50 Å². The molecule has 6 heteroatoms. The number of aliphatic hydroxyl groups excluding tert-OH is 1. The number of piperazine rings is 1. The van der Waals surface area contributed by atoms with E-state index in [1.54, 1.807) is 6.33 Å². The first-order chi connectivity index (χ1) is 12.6. The summed E-state index contributed by atoms with van der Waals surface area (Å²) >= 11 is 0. The lowest BCUT2D eigenvalue weighted by Crippen LogP contribution is -2.53. The number of aromatic nitrogens is 2. The lowest BCUT2D eigenvalue weighted by molar-refractivity contribution is 0.135. The quantitative estimate of drug-likeness (QED) is 0.861. The van der Waals surface area contributed by atoms with E-state index in [0.717, 1.165) is 43.1 Å². The zero-order chi connectivity index (χ0) is 18.5. The lowest BCUT2D eigenvalue weighted by Gasteiger charge is -2.42. The number of anilines is 1. The van der Waals surface area contributed by atoms with Crippen molar-refractivity contribution in [1.82, 2.24) is 14.9 Å². The highest BCUT2D eigenvalue weighted by molar-refractivity contribution is 5.47. The third-order valence-corrected chi connectivity index (χ3v) is 5.01. The predicted octanol–water partition coefficient (Wildman–Crippen LogP) is 2.81. The van der Waals surface area contributed by atoms with Gasteiger partial charge >= 0.3 is 0 Å². The predicted molar refractivity (Wildman–Crippen MR) is 101 cm³/mol. The standard InChI is InChI=1S/C20H27FN4O/c1-15(2)19-11-22-14-23-20(19)25-9-8-24(18(13-25)7-10-26)12-16-3-5-17(21)6-4-16/h3-6,11,14-15,18,26H,7-10,12-13H2,1-2H3. The van der Waals surface area contributed by atoms with Crippen LogP contribution in [0.4, 0.5) is 10.2 Å². The molecule has 1 aromatic carbocycles. The van der Waals surface area contributed by atoms with Crippen LogP contribution < -0.4 is 4.90 Å². The number of hydrogen-bond donors (Lipinski definition) is 1. The molecule has 140 valence electrons. The summed E-state index contributed by atoms with van der Waals surface area (Å²) in [7, 11) is 0. The van der Waals surface area contributed by atoms with Crippen LogP contribution in [-0.2, 0) is 6.54 Å². The van der Waals surface area contributed by atoms with Crippen molar-refractivity contribution >= 4 is 5.82 Å². The summed E-state index contributed by atoms with van der Waals surface area (Å²) in [5.41, 5.74) is 2.25. The number of nitrogens with zero attached hydrogens (tertiary/aromatic N) is 4. The average molecular weight is 358 g/mol. The molecule has 1 atom stereocenters. The molecule has 0 saturated carbocycles. The van der Waals surface area contributed by atoms with Gasteiger partial charge < -0.3 is 10.0 Å². The highest BCUT2D eigenvalue weighted by Gasteiger charge is 2.28. The maximum absolute atomic E-state index is 13.1. The van der Waals surface area contributed by atoms with Crippen molar-refractivity contribution in [2.45, 2.75) is 38.8 Å². The second-order valence-electron chi connectivity index (χ2n) is 7.17. The molecule has 1 aliphatic rings.